The molecular weight excluding hydrogens is 396 g/mol. The van der Waals surface area contributed by atoms with Crippen LogP contribution in [-0.4, -0.2) is 60.2 Å². The number of esters is 1. The number of nitrogens with two attached hydrogens (primary N) is 3. The van der Waals surface area contributed by atoms with Gasteiger partial charge in [-0.25, -0.2) is 9.79 Å². The molecule has 0 spiro atoms. The second-order valence-corrected chi connectivity index (χ2v) is 8.26. The van der Waals surface area contributed by atoms with Crippen LogP contribution in [0.1, 0.15) is 77.0 Å². The van der Waals surface area contributed by atoms with Gasteiger partial charge in [0, 0.05) is 25.4 Å². The molecule has 1 fully saturated rings. The van der Waals surface area contributed by atoms with Crippen molar-refractivity contribution in [1.29, 1.82) is 0 Å². The van der Waals surface area contributed by atoms with Gasteiger partial charge in [0.1, 0.15) is 0 Å². The van der Waals surface area contributed by atoms with Gasteiger partial charge >= 0.3 is 5.97 Å². The number of rotatable bonds is 15. The minimum atomic E-state index is -0.269. The Balaban J connectivity index is 1.84. The van der Waals surface area contributed by atoms with Crippen molar-refractivity contribution >= 4 is 17.9 Å². The number of guanidine groups is 2. The average molecular weight is 437 g/mol. The minimum absolute atomic E-state index is 0.0796. The van der Waals surface area contributed by atoms with E-state index in [1.807, 2.05) is 4.90 Å². The molecule has 31 heavy (non-hydrogen) atoms. The molecule has 9 nitrogen and oxygen atoms in total. The summed E-state index contributed by atoms with van der Waals surface area (Å²) in [5.74, 6) is 0.334. The van der Waals surface area contributed by atoms with Crippen molar-refractivity contribution in [1.82, 2.24) is 4.90 Å². The number of fused-ring (bicyclic) bond motifs is 1. The van der Waals surface area contributed by atoms with Crippen LogP contribution < -0.4 is 17.2 Å². The van der Waals surface area contributed by atoms with Crippen LogP contribution in [0.4, 0.5) is 0 Å². The van der Waals surface area contributed by atoms with Crippen molar-refractivity contribution < 1.29 is 14.6 Å². The highest BCUT2D eigenvalue weighted by molar-refractivity contribution is 5.95. The predicted molar refractivity (Wildman–Crippen MR) is 123 cm³/mol. The van der Waals surface area contributed by atoms with E-state index in [1.54, 1.807) is 0 Å². The van der Waals surface area contributed by atoms with Crippen LogP contribution in [0.2, 0.25) is 0 Å². The molecule has 0 aromatic rings. The summed E-state index contributed by atoms with van der Waals surface area (Å²) in [5, 5.41) is 8.84. The van der Waals surface area contributed by atoms with E-state index in [4.69, 9.17) is 27.0 Å². The summed E-state index contributed by atoms with van der Waals surface area (Å²) in [5.41, 5.74) is 18.5. The van der Waals surface area contributed by atoms with Crippen LogP contribution in [0.15, 0.2) is 21.3 Å². The number of carbonyl (C=O) groups excluding carboxylic acids is 1. The summed E-state index contributed by atoms with van der Waals surface area (Å²) in [6.07, 6.45) is 11.7. The zero-order valence-electron chi connectivity index (χ0n) is 18.7. The molecule has 0 unspecified atom stereocenters. The van der Waals surface area contributed by atoms with Crippen molar-refractivity contribution in [2.24, 2.45) is 27.2 Å². The van der Waals surface area contributed by atoms with Gasteiger partial charge in [-0.1, -0.05) is 38.5 Å². The number of aliphatic hydroxyl groups is 1. The first kappa shape index (κ1) is 25.0. The van der Waals surface area contributed by atoms with Gasteiger partial charge in [-0.15, -0.1) is 0 Å². The molecule has 2 heterocycles. The van der Waals surface area contributed by atoms with E-state index in [9.17, 15) is 4.79 Å². The molecule has 0 aromatic carbocycles. The molecule has 7 N–H and O–H groups in total. The van der Waals surface area contributed by atoms with Gasteiger partial charge in [0.25, 0.3) is 0 Å². The molecule has 2 aliphatic rings. The van der Waals surface area contributed by atoms with Crippen molar-refractivity contribution in [3.63, 3.8) is 0 Å². The van der Waals surface area contributed by atoms with Gasteiger partial charge in [0.2, 0.25) is 0 Å². The monoisotopic (exact) mass is 436 g/mol. The third-order valence-corrected chi connectivity index (χ3v) is 5.77. The third-order valence-electron chi connectivity index (χ3n) is 5.77. The molecule has 0 amide bonds. The lowest BCUT2D eigenvalue weighted by Gasteiger charge is -2.30. The first-order valence-corrected chi connectivity index (χ1v) is 11.7. The van der Waals surface area contributed by atoms with Crippen molar-refractivity contribution in [3.8, 4) is 0 Å². The normalized spacial score (nSPS) is 18.0. The summed E-state index contributed by atoms with van der Waals surface area (Å²) >= 11 is 0. The predicted octanol–water partition coefficient (Wildman–Crippen LogP) is 1.74. The molecular formula is C22H40N6O3. The number of aliphatic hydroxyl groups excluding tert-OH is 1. The second kappa shape index (κ2) is 13.9. The quantitative estimate of drug-likeness (QED) is 0.132. The van der Waals surface area contributed by atoms with Gasteiger partial charge in [0.05, 0.1) is 18.2 Å². The van der Waals surface area contributed by atoms with Gasteiger partial charge in [-0.3, -0.25) is 4.99 Å². The van der Waals surface area contributed by atoms with Gasteiger partial charge in [-0.2, -0.15) is 0 Å². The lowest BCUT2D eigenvalue weighted by atomic mass is 9.96. The lowest BCUT2D eigenvalue weighted by Crippen LogP contribution is -2.41. The van der Waals surface area contributed by atoms with E-state index in [-0.39, 0.29) is 24.6 Å². The summed E-state index contributed by atoms with van der Waals surface area (Å²) in [7, 11) is 0. The molecule has 2 aliphatic heterocycles. The lowest BCUT2D eigenvalue weighted by molar-refractivity contribution is -0.139. The van der Waals surface area contributed by atoms with Crippen molar-refractivity contribution in [3.05, 3.63) is 11.3 Å². The molecule has 0 aromatic heterocycles. The zero-order valence-corrected chi connectivity index (χ0v) is 18.7. The summed E-state index contributed by atoms with van der Waals surface area (Å²) in [4.78, 5) is 23.5. The zero-order chi connectivity index (χ0) is 22.5. The average Bonchev–Trinajstić information content (AvgIpc) is 3.22. The Kier molecular flexibility index (Phi) is 11.2. The maximum atomic E-state index is 12.9. The highest BCUT2D eigenvalue weighted by Gasteiger charge is 2.36. The number of unbranched alkanes of at least 4 members (excludes halogenated alkanes) is 7. The fraction of sp³-hybridized carbons (Fsp3) is 0.773. The number of carbonyl (C=O) groups is 1. The highest BCUT2D eigenvalue weighted by Crippen LogP contribution is 2.33. The Morgan fingerprint density at radius 1 is 1.10 bits per heavy atom. The first-order valence-electron chi connectivity index (χ1n) is 11.7. The second-order valence-electron chi connectivity index (χ2n) is 8.26. The van der Waals surface area contributed by atoms with E-state index in [0.29, 0.717) is 31.1 Å². The molecule has 9 heteroatoms. The van der Waals surface area contributed by atoms with E-state index in [2.05, 4.69) is 9.98 Å². The molecule has 2 rings (SSSR count). The topological polar surface area (TPSA) is 153 Å². The Morgan fingerprint density at radius 2 is 1.81 bits per heavy atom. The van der Waals surface area contributed by atoms with Crippen LogP contribution in [0.5, 0.6) is 0 Å². The van der Waals surface area contributed by atoms with Crippen molar-refractivity contribution in [2.45, 2.75) is 83.1 Å². The van der Waals surface area contributed by atoms with Crippen LogP contribution in [0.3, 0.4) is 0 Å². The molecule has 1 saturated heterocycles. The summed E-state index contributed by atoms with van der Waals surface area (Å²) in [6, 6.07) is -0.215. The molecule has 1 atom stereocenters. The Hall–Kier alpha value is -2.29. The Morgan fingerprint density at radius 3 is 2.52 bits per heavy atom. The van der Waals surface area contributed by atoms with E-state index in [1.165, 1.54) is 6.42 Å². The van der Waals surface area contributed by atoms with Gasteiger partial charge in [-0.05, 0) is 38.5 Å². The van der Waals surface area contributed by atoms with E-state index < -0.39 is 0 Å². The Labute approximate surface area is 185 Å². The number of allylic oxidation sites excluding steroid dienone is 1. The fourth-order valence-electron chi connectivity index (χ4n) is 4.15. The molecule has 176 valence electrons. The van der Waals surface area contributed by atoms with Gasteiger partial charge in [0.15, 0.2) is 11.9 Å². The first-order chi connectivity index (χ1) is 15.0. The standard InChI is InChI=1S/C22H40N6O3/c23-21(24)26-13-7-9-16-31-20(30)19-17(11-6-4-2-1-3-5-8-15-29)27-22(25)28-14-10-12-18(19)28/h17,29H,1-16H2,(H2,25,27)(H4,23,24,26)/t17-/m1/s1. The molecule has 0 bridgehead atoms. The fourth-order valence-corrected chi connectivity index (χ4v) is 4.15. The molecule has 0 aliphatic carbocycles. The van der Waals surface area contributed by atoms with Crippen LogP contribution in [0, 0.1) is 0 Å². The molecule has 0 saturated carbocycles. The van der Waals surface area contributed by atoms with E-state index >= 15 is 0 Å². The maximum Gasteiger partial charge on any atom is 0.337 e. The van der Waals surface area contributed by atoms with Crippen LogP contribution >= 0.6 is 0 Å². The number of nitrogens with zero attached hydrogens (tertiary/aromatic N) is 3. The number of hydrogen-bond donors (Lipinski definition) is 4. The van der Waals surface area contributed by atoms with Crippen LogP contribution in [-0.2, 0) is 9.53 Å². The largest absolute Gasteiger partial charge is 0.462 e. The van der Waals surface area contributed by atoms with Crippen LogP contribution in [0.25, 0.3) is 0 Å². The number of hydrogen-bond acceptors (Lipinski definition) is 7. The molecule has 0 radical (unpaired) electrons. The number of aliphatic imine (C=N–C) groups is 2. The van der Waals surface area contributed by atoms with Gasteiger partial charge < -0.3 is 31.9 Å². The highest BCUT2D eigenvalue weighted by atomic mass is 16.5. The summed E-state index contributed by atoms with van der Waals surface area (Å²) < 4.78 is 5.58. The van der Waals surface area contributed by atoms with Crippen molar-refractivity contribution in [2.75, 3.05) is 26.3 Å². The smallest absolute Gasteiger partial charge is 0.337 e. The summed E-state index contributed by atoms with van der Waals surface area (Å²) in [6.45, 7) is 1.96. The SMILES string of the molecule is NC(N)=NCCCCOC(=O)C1=C2CCCN2C(N)=N[C@@H]1CCCCCCCCCO. The minimum Gasteiger partial charge on any atom is -0.462 e. The number of ether oxygens (including phenoxy) is 1. The van der Waals surface area contributed by atoms with E-state index in [0.717, 1.165) is 76.5 Å². The third kappa shape index (κ3) is 8.40. The maximum absolute atomic E-state index is 12.9. The Bertz CT molecular complexity index is 658.